The molecule has 0 amide bonds. The molecule has 0 radical (unpaired) electrons. The van der Waals surface area contributed by atoms with Crippen LogP contribution in [-0.4, -0.2) is 6.01 Å². The minimum Gasteiger partial charge on any atom is -0.239 e. The number of nitriles is 1. The monoisotopic (exact) mass is 181 g/mol. The maximum Gasteiger partial charge on any atom is 0.139 e. The standard InChI is InChI=1S/C9H8FNS/c1-7-2-8(5-11)4-9(3-7)12-6-10/h2-4H,6H2,1H3. The average molecular weight is 181 g/mol. The third-order valence-electron chi connectivity index (χ3n) is 1.40. The van der Waals surface area contributed by atoms with Crippen LogP contribution in [0.3, 0.4) is 0 Å². The van der Waals surface area contributed by atoms with Crippen molar-refractivity contribution < 1.29 is 4.39 Å². The summed E-state index contributed by atoms with van der Waals surface area (Å²) in [6.45, 7) is 1.89. The highest BCUT2D eigenvalue weighted by Gasteiger charge is 1.97. The Hall–Kier alpha value is -1.01. The molecule has 0 aromatic heterocycles. The lowest BCUT2D eigenvalue weighted by atomic mass is 10.2. The number of aryl methyl sites for hydroxylation is 1. The fourth-order valence-electron chi connectivity index (χ4n) is 0.959. The lowest BCUT2D eigenvalue weighted by Crippen LogP contribution is -1.80. The molecule has 0 saturated heterocycles. The Morgan fingerprint density at radius 3 is 2.83 bits per heavy atom. The van der Waals surface area contributed by atoms with E-state index in [1.165, 1.54) is 0 Å². The maximum atomic E-state index is 11.9. The molecule has 0 aliphatic rings. The first-order chi connectivity index (χ1) is 5.76. The van der Waals surface area contributed by atoms with E-state index in [9.17, 15) is 4.39 Å². The summed E-state index contributed by atoms with van der Waals surface area (Å²) in [6.07, 6.45) is 0. The Morgan fingerprint density at radius 1 is 1.50 bits per heavy atom. The molecule has 0 unspecified atom stereocenters. The first-order valence-corrected chi connectivity index (χ1v) is 4.45. The Morgan fingerprint density at radius 2 is 2.25 bits per heavy atom. The molecule has 12 heavy (non-hydrogen) atoms. The van der Waals surface area contributed by atoms with Crippen LogP contribution in [-0.2, 0) is 0 Å². The predicted octanol–water partition coefficient (Wildman–Crippen LogP) is 2.89. The summed E-state index contributed by atoms with van der Waals surface area (Å²) < 4.78 is 11.9. The SMILES string of the molecule is Cc1cc(C#N)cc(SCF)c1. The Balaban J connectivity index is 3.00. The zero-order valence-electron chi connectivity index (χ0n) is 6.67. The van der Waals surface area contributed by atoms with Gasteiger partial charge < -0.3 is 0 Å². The number of hydrogen-bond donors (Lipinski definition) is 0. The van der Waals surface area contributed by atoms with Gasteiger partial charge in [0.2, 0.25) is 0 Å². The van der Waals surface area contributed by atoms with Crippen molar-refractivity contribution >= 4 is 11.8 Å². The van der Waals surface area contributed by atoms with E-state index >= 15 is 0 Å². The largest absolute Gasteiger partial charge is 0.239 e. The topological polar surface area (TPSA) is 23.8 Å². The van der Waals surface area contributed by atoms with Gasteiger partial charge in [0.25, 0.3) is 0 Å². The van der Waals surface area contributed by atoms with Crippen molar-refractivity contribution in [3.63, 3.8) is 0 Å². The fraction of sp³-hybridized carbons (Fsp3) is 0.222. The lowest BCUT2D eigenvalue weighted by Gasteiger charge is -1.99. The third kappa shape index (κ3) is 2.24. The van der Waals surface area contributed by atoms with Crippen LogP contribution in [0, 0.1) is 18.3 Å². The van der Waals surface area contributed by atoms with E-state index < -0.39 is 6.01 Å². The quantitative estimate of drug-likeness (QED) is 0.655. The summed E-state index contributed by atoms with van der Waals surface area (Å²) >= 11 is 1.10. The third-order valence-corrected chi connectivity index (χ3v) is 2.08. The van der Waals surface area contributed by atoms with Crippen molar-refractivity contribution in [1.29, 1.82) is 5.26 Å². The molecule has 1 aromatic rings. The van der Waals surface area contributed by atoms with Crippen molar-refractivity contribution in [2.24, 2.45) is 0 Å². The second-order valence-electron chi connectivity index (χ2n) is 2.40. The van der Waals surface area contributed by atoms with Crippen LogP contribution in [0.15, 0.2) is 23.1 Å². The van der Waals surface area contributed by atoms with Crippen LogP contribution in [0.2, 0.25) is 0 Å². The molecule has 0 bridgehead atoms. The van der Waals surface area contributed by atoms with Crippen LogP contribution < -0.4 is 0 Å². The maximum absolute atomic E-state index is 11.9. The number of alkyl halides is 1. The number of thioether (sulfide) groups is 1. The van der Waals surface area contributed by atoms with Gasteiger partial charge in [-0.25, -0.2) is 4.39 Å². The summed E-state index contributed by atoms with van der Waals surface area (Å²) in [6, 6.07) is 6.92. The van der Waals surface area contributed by atoms with Crippen molar-refractivity contribution in [2.75, 3.05) is 6.01 Å². The summed E-state index contributed by atoms with van der Waals surface area (Å²) in [7, 11) is 0. The van der Waals surface area contributed by atoms with E-state index in [1.807, 2.05) is 19.1 Å². The number of hydrogen-bond acceptors (Lipinski definition) is 2. The molecular weight excluding hydrogens is 173 g/mol. The number of nitrogens with zero attached hydrogens (tertiary/aromatic N) is 1. The van der Waals surface area contributed by atoms with Gasteiger partial charge in [0, 0.05) is 4.90 Å². The molecule has 0 saturated carbocycles. The average Bonchev–Trinajstić information content (AvgIpc) is 2.04. The Kier molecular flexibility index (Phi) is 3.12. The van der Waals surface area contributed by atoms with Gasteiger partial charge in [-0.1, -0.05) is 11.8 Å². The molecule has 0 aliphatic heterocycles. The van der Waals surface area contributed by atoms with Gasteiger partial charge in [0.15, 0.2) is 0 Å². The number of benzene rings is 1. The van der Waals surface area contributed by atoms with Crippen LogP contribution in [0.5, 0.6) is 0 Å². The lowest BCUT2D eigenvalue weighted by molar-refractivity contribution is 0.605. The smallest absolute Gasteiger partial charge is 0.139 e. The molecule has 0 N–H and O–H groups in total. The summed E-state index contributed by atoms with van der Waals surface area (Å²) in [5, 5.41) is 8.60. The van der Waals surface area contributed by atoms with Crippen molar-refractivity contribution in [3.8, 4) is 6.07 Å². The van der Waals surface area contributed by atoms with E-state index in [2.05, 4.69) is 0 Å². The highest BCUT2D eigenvalue weighted by Crippen LogP contribution is 2.20. The molecule has 62 valence electrons. The van der Waals surface area contributed by atoms with Crippen LogP contribution >= 0.6 is 11.8 Å². The van der Waals surface area contributed by atoms with Crippen LogP contribution in [0.1, 0.15) is 11.1 Å². The summed E-state index contributed by atoms with van der Waals surface area (Å²) in [5.41, 5.74) is 1.58. The minimum absolute atomic E-state index is 0.450. The van der Waals surface area contributed by atoms with Crippen molar-refractivity contribution in [1.82, 2.24) is 0 Å². The Labute approximate surface area is 75.2 Å². The van der Waals surface area contributed by atoms with E-state index in [0.717, 1.165) is 22.2 Å². The molecule has 0 atom stereocenters. The molecule has 0 aliphatic carbocycles. The summed E-state index contributed by atoms with van der Waals surface area (Å²) in [4.78, 5) is 0.814. The van der Waals surface area contributed by atoms with Gasteiger partial charge in [-0.3, -0.25) is 0 Å². The van der Waals surface area contributed by atoms with Crippen LogP contribution in [0.4, 0.5) is 4.39 Å². The normalized spacial score (nSPS) is 9.42. The second kappa shape index (κ2) is 4.13. The molecule has 0 spiro atoms. The van der Waals surface area contributed by atoms with Gasteiger partial charge >= 0.3 is 0 Å². The van der Waals surface area contributed by atoms with E-state index in [4.69, 9.17) is 5.26 Å². The first-order valence-electron chi connectivity index (χ1n) is 3.47. The molecule has 0 heterocycles. The van der Waals surface area contributed by atoms with E-state index in [-0.39, 0.29) is 0 Å². The van der Waals surface area contributed by atoms with Gasteiger partial charge in [-0.15, -0.1) is 0 Å². The van der Waals surface area contributed by atoms with Gasteiger partial charge in [-0.05, 0) is 30.7 Å². The molecule has 1 rings (SSSR count). The molecule has 0 fully saturated rings. The molecule has 1 aromatic carbocycles. The minimum atomic E-state index is -0.450. The van der Waals surface area contributed by atoms with Gasteiger partial charge in [-0.2, -0.15) is 5.26 Å². The zero-order chi connectivity index (χ0) is 8.97. The fourth-order valence-corrected chi connectivity index (χ4v) is 1.56. The number of halogens is 1. The molecule has 1 nitrogen and oxygen atoms in total. The zero-order valence-corrected chi connectivity index (χ0v) is 7.49. The van der Waals surface area contributed by atoms with Crippen molar-refractivity contribution in [2.45, 2.75) is 11.8 Å². The van der Waals surface area contributed by atoms with E-state index in [0.29, 0.717) is 5.56 Å². The van der Waals surface area contributed by atoms with Gasteiger partial charge in [0.05, 0.1) is 11.6 Å². The van der Waals surface area contributed by atoms with E-state index in [1.54, 1.807) is 12.1 Å². The van der Waals surface area contributed by atoms with Gasteiger partial charge in [0.1, 0.15) is 6.01 Å². The second-order valence-corrected chi connectivity index (χ2v) is 3.38. The first kappa shape index (κ1) is 9.08. The summed E-state index contributed by atoms with van der Waals surface area (Å²) in [5.74, 6) is 0. The molecule has 3 heteroatoms. The van der Waals surface area contributed by atoms with Crippen molar-refractivity contribution in [3.05, 3.63) is 29.3 Å². The number of rotatable bonds is 2. The Bertz CT molecular complexity index is 317. The molecular formula is C9H8FNS. The highest BCUT2D eigenvalue weighted by atomic mass is 32.2. The predicted molar refractivity (Wildman–Crippen MR) is 47.7 cm³/mol. The highest BCUT2D eigenvalue weighted by molar-refractivity contribution is 7.99. The van der Waals surface area contributed by atoms with Crippen LogP contribution in [0.25, 0.3) is 0 Å².